The summed E-state index contributed by atoms with van der Waals surface area (Å²) in [4.78, 5) is 13.6. The van der Waals surface area contributed by atoms with Crippen molar-refractivity contribution in [3.63, 3.8) is 0 Å². The van der Waals surface area contributed by atoms with Gasteiger partial charge in [0.2, 0.25) is 15.9 Å². The molecule has 0 saturated carbocycles. The number of amides is 1. The Morgan fingerprint density at radius 3 is 2.67 bits per heavy atom. The van der Waals surface area contributed by atoms with Gasteiger partial charge in [-0.1, -0.05) is 0 Å². The second-order valence-corrected chi connectivity index (χ2v) is 6.90. The number of hydrogen-bond acceptors (Lipinski definition) is 5. The second-order valence-electron chi connectivity index (χ2n) is 5.12. The van der Waals surface area contributed by atoms with Crippen molar-refractivity contribution in [2.75, 3.05) is 30.9 Å². The average molecular weight is 312 g/mol. The molecule has 1 saturated heterocycles. The molecule has 2 aliphatic rings. The van der Waals surface area contributed by atoms with E-state index in [1.165, 1.54) is 0 Å². The van der Waals surface area contributed by atoms with E-state index in [1.807, 2.05) is 0 Å². The smallest absolute Gasteiger partial charge is 0.228 e. The van der Waals surface area contributed by atoms with Gasteiger partial charge in [0.25, 0.3) is 0 Å². The van der Waals surface area contributed by atoms with Crippen LogP contribution in [-0.2, 0) is 14.8 Å². The van der Waals surface area contributed by atoms with Gasteiger partial charge in [-0.05, 0) is 12.1 Å². The summed E-state index contributed by atoms with van der Waals surface area (Å²) < 4.78 is 35.9. The molecule has 2 aliphatic heterocycles. The molecule has 1 amide bonds. The Hall–Kier alpha value is -1.80. The molecule has 0 spiro atoms. The molecule has 7 nitrogen and oxygen atoms in total. The van der Waals surface area contributed by atoms with Crippen LogP contribution in [0.1, 0.15) is 6.42 Å². The lowest BCUT2D eigenvalue weighted by atomic mass is 10.2. The molecular weight excluding hydrogens is 296 g/mol. The highest BCUT2D eigenvalue weighted by Gasteiger charge is 2.32. The number of anilines is 1. The highest BCUT2D eigenvalue weighted by atomic mass is 32.2. The summed E-state index contributed by atoms with van der Waals surface area (Å²) in [7, 11) is -3.32. The number of hydrogen-bond donors (Lipinski definition) is 1. The van der Waals surface area contributed by atoms with E-state index in [4.69, 9.17) is 9.47 Å². The van der Waals surface area contributed by atoms with Crippen molar-refractivity contribution >= 4 is 21.6 Å². The van der Waals surface area contributed by atoms with E-state index in [9.17, 15) is 13.2 Å². The molecular formula is C13H16N2O5S. The molecule has 1 atom stereocenters. The van der Waals surface area contributed by atoms with Crippen molar-refractivity contribution in [1.82, 2.24) is 4.72 Å². The number of carbonyl (C=O) groups is 1. The van der Waals surface area contributed by atoms with Crippen molar-refractivity contribution in [3.05, 3.63) is 18.2 Å². The third kappa shape index (κ3) is 3.11. The van der Waals surface area contributed by atoms with Gasteiger partial charge in [-0.2, -0.15) is 0 Å². The van der Waals surface area contributed by atoms with Gasteiger partial charge in [0.05, 0.1) is 6.26 Å². The molecule has 0 aromatic heterocycles. The van der Waals surface area contributed by atoms with Gasteiger partial charge < -0.3 is 14.4 Å². The number of benzene rings is 1. The third-order valence-corrected chi connectivity index (χ3v) is 4.10. The van der Waals surface area contributed by atoms with Crippen molar-refractivity contribution in [2.24, 2.45) is 0 Å². The summed E-state index contributed by atoms with van der Waals surface area (Å²) in [5, 5.41) is 0. The summed E-state index contributed by atoms with van der Waals surface area (Å²) in [6.45, 7) is 1.30. The van der Waals surface area contributed by atoms with Crippen molar-refractivity contribution < 1.29 is 22.7 Å². The van der Waals surface area contributed by atoms with Crippen LogP contribution in [0.4, 0.5) is 5.69 Å². The molecule has 0 aliphatic carbocycles. The maximum Gasteiger partial charge on any atom is 0.228 e. The molecule has 1 N–H and O–H groups in total. The van der Waals surface area contributed by atoms with Crippen LogP contribution < -0.4 is 19.1 Å². The minimum absolute atomic E-state index is 0.118. The quantitative estimate of drug-likeness (QED) is 0.856. The van der Waals surface area contributed by atoms with Crippen LogP contribution in [0.15, 0.2) is 18.2 Å². The molecule has 21 heavy (non-hydrogen) atoms. The lowest BCUT2D eigenvalue weighted by molar-refractivity contribution is -0.117. The number of nitrogens with zero attached hydrogens (tertiary/aromatic N) is 1. The summed E-state index contributed by atoms with van der Waals surface area (Å²) in [5.74, 6) is 1.14. The molecule has 3 rings (SSSR count). The lowest BCUT2D eigenvalue weighted by Gasteiger charge is -2.22. The Morgan fingerprint density at radius 2 is 1.95 bits per heavy atom. The third-order valence-electron chi connectivity index (χ3n) is 3.34. The molecule has 1 aromatic rings. The van der Waals surface area contributed by atoms with E-state index >= 15 is 0 Å². The van der Waals surface area contributed by atoms with Crippen LogP contribution in [0.25, 0.3) is 0 Å². The standard InChI is InChI=1S/C13H16N2O5S/c1-21(17,18)14-9-6-13(16)15(8-9)10-2-3-11-12(7-10)20-5-4-19-11/h2-3,7,9,14H,4-6,8H2,1H3. The van der Waals surface area contributed by atoms with E-state index in [1.54, 1.807) is 23.1 Å². The number of nitrogens with one attached hydrogen (secondary N) is 1. The monoisotopic (exact) mass is 312 g/mol. The minimum atomic E-state index is -3.32. The van der Waals surface area contributed by atoms with Crippen LogP contribution in [0, 0.1) is 0 Å². The first-order valence-corrected chi connectivity index (χ1v) is 8.49. The Labute approximate surface area is 122 Å². The highest BCUT2D eigenvalue weighted by Crippen LogP contribution is 2.35. The van der Waals surface area contributed by atoms with Crippen LogP contribution >= 0.6 is 0 Å². The second kappa shape index (κ2) is 5.19. The molecule has 1 aromatic carbocycles. The van der Waals surface area contributed by atoms with Gasteiger partial charge in [0.15, 0.2) is 11.5 Å². The van der Waals surface area contributed by atoms with E-state index in [-0.39, 0.29) is 12.3 Å². The predicted octanol–water partition coefficient (Wildman–Crippen LogP) is 0.112. The van der Waals surface area contributed by atoms with Gasteiger partial charge >= 0.3 is 0 Å². The fourth-order valence-corrected chi connectivity index (χ4v) is 3.30. The number of sulfonamides is 1. The molecule has 8 heteroatoms. The zero-order valence-corrected chi connectivity index (χ0v) is 12.4. The molecule has 1 unspecified atom stereocenters. The van der Waals surface area contributed by atoms with E-state index in [0.717, 1.165) is 6.26 Å². The van der Waals surface area contributed by atoms with Gasteiger partial charge in [0, 0.05) is 30.8 Å². The SMILES string of the molecule is CS(=O)(=O)NC1CC(=O)N(c2ccc3c(c2)OCCO3)C1. The molecule has 0 radical (unpaired) electrons. The summed E-state index contributed by atoms with van der Waals surface area (Å²) in [5.41, 5.74) is 0.682. The van der Waals surface area contributed by atoms with Gasteiger partial charge in [-0.15, -0.1) is 0 Å². The van der Waals surface area contributed by atoms with Gasteiger partial charge in [-0.3, -0.25) is 4.79 Å². The lowest BCUT2D eigenvalue weighted by Crippen LogP contribution is -2.36. The fourth-order valence-electron chi connectivity index (χ4n) is 2.54. The van der Waals surface area contributed by atoms with Crippen LogP contribution in [0.2, 0.25) is 0 Å². The number of fused-ring (bicyclic) bond motifs is 1. The van der Waals surface area contributed by atoms with Gasteiger partial charge in [0.1, 0.15) is 13.2 Å². The average Bonchev–Trinajstić information content (AvgIpc) is 2.76. The maximum absolute atomic E-state index is 12.1. The van der Waals surface area contributed by atoms with Crippen LogP contribution in [0.3, 0.4) is 0 Å². The highest BCUT2D eigenvalue weighted by molar-refractivity contribution is 7.88. The molecule has 2 heterocycles. The summed E-state index contributed by atoms with van der Waals surface area (Å²) in [6.07, 6.45) is 1.24. The van der Waals surface area contributed by atoms with E-state index in [0.29, 0.717) is 36.9 Å². The van der Waals surface area contributed by atoms with Gasteiger partial charge in [-0.25, -0.2) is 13.1 Å². The Kier molecular flexibility index (Phi) is 3.50. The number of carbonyl (C=O) groups excluding carboxylic acids is 1. The van der Waals surface area contributed by atoms with E-state index in [2.05, 4.69) is 4.72 Å². The first kappa shape index (κ1) is 14.2. The van der Waals surface area contributed by atoms with Crippen molar-refractivity contribution in [1.29, 1.82) is 0 Å². The largest absolute Gasteiger partial charge is 0.486 e. The van der Waals surface area contributed by atoms with Crippen molar-refractivity contribution in [3.8, 4) is 11.5 Å². The Bertz CT molecular complexity index is 673. The predicted molar refractivity (Wildman–Crippen MR) is 76.2 cm³/mol. The molecule has 114 valence electrons. The Balaban J connectivity index is 1.79. The summed E-state index contributed by atoms with van der Waals surface area (Å²) >= 11 is 0. The molecule has 0 bridgehead atoms. The summed E-state index contributed by atoms with van der Waals surface area (Å²) in [6, 6.07) is 4.87. The first-order valence-electron chi connectivity index (χ1n) is 6.60. The zero-order chi connectivity index (χ0) is 15.0. The maximum atomic E-state index is 12.1. The zero-order valence-electron chi connectivity index (χ0n) is 11.5. The minimum Gasteiger partial charge on any atom is -0.486 e. The Morgan fingerprint density at radius 1 is 1.24 bits per heavy atom. The number of ether oxygens (including phenoxy) is 2. The fraction of sp³-hybridized carbons (Fsp3) is 0.462. The first-order chi connectivity index (χ1) is 9.92. The van der Waals surface area contributed by atoms with E-state index < -0.39 is 16.1 Å². The van der Waals surface area contributed by atoms with Crippen LogP contribution in [-0.4, -0.2) is 46.4 Å². The van der Waals surface area contributed by atoms with Crippen LogP contribution in [0.5, 0.6) is 11.5 Å². The molecule has 1 fully saturated rings. The normalized spacial score (nSPS) is 21.7. The van der Waals surface area contributed by atoms with Crippen molar-refractivity contribution in [2.45, 2.75) is 12.5 Å². The number of rotatable bonds is 3. The topological polar surface area (TPSA) is 84.9 Å².